The molecule has 0 aliphatic rings. The van der Waals surface area contributed by atoms with Crippen molar-refractivity contribution in [3.8, 4) is 0 Å². The normalized spacial score (nSPS) is 11.6. The average Bonchev–Trinajstić information content (AvgIpc) is 3.26. The first kappa shape index (κ1) is 19.4. The number of benzene rings is 2. The maximum Gasteiger partial charge on any atom is 0.291 e. The number of amides is 2. The molecule has 0 saturated carbocycles. The van der Waals surface area contributed by atoms with Crippen molar-refractivity contribution in [2.75, 3.05) is 5.32 Å². The fourth-order valence-electron chi connectivity index (χ4n) is 2.56. The summed E-state index contributed by atoms with van der Waals surface area (Å²) < 4.78 is 10.7. The quantitative estimate of drug-likeness (QED) is 0.625. The second kappa shape index (κ2) is 9.53. The predicted molar refractivity (Wildman–Crippen MR) is 106 cm³/mol. The lowest BCUT2D eigenvalue weighted by Crippen LogP contribution is -2.34. The molecule has 2 aromatic carbocycles. The number of rotatable bonds is 8. The molecule has 3 rings (SSSR count). The van der Waals surface area contributed by atoms with Gasteiger partial charge in [-0.05, 0) is 42.3 Å². The number of anilines is 1. The first-order valence-electron chi connectivity index (χ1n) is 8.99. The summed E-state index contributed by atoms with van der Waals surface area (Å²) >= 11 is 0. The molecular weight excluding hydrogens is 356 g/mol. The van der Waals surface area contributed by atoms with Gasteiger partial charge >= 0.3 is 0 Å². The van der Waals surface area contributed by atoms with Gasteiger partial charge in [0.25, 0.3) is 5.91 Å². The Labute approximate surface area is 163 Å². The molecule has 0 aliphatic heterocycles. The van der Waals surface area contributed by atoms with Crippen molar-refractivity contribution in [2.24, 2.45) is 0 Å². The van der Waals surface area contributed by atoms with Crippen LogP contribution in [0.15, 0.2) is 77.4 Å². The zero-order chi connectivity index (χ0) is 19.8. The molecule has 0 aliphatic carbocycles. The molecule has 0 saturated heterocycles. The van der Waals surface area contributed by atoms with Gasteiger partial charge in [-0.3, -0.25) is 9.59 Å². The monoisotopic (exact) mass is 378 g/mol. The van der Waals surface area contributed by atoms with E-state index in [4.69, 9.17) is 9.15 Å². The molecular formula is C22H22N2O4. The van der Waals surface area contributed by atoms with Crippen LogP contribution in [-0.2, 0) is 22.7 Å². The van der Waals surface area contributed by atoms with Crippen molar-refractivity contribution in [2.45, 2.75) is 26.2 Å². The topological polar surface area (TPSA) is 80.6 Å². The summed E-state index contributed by atoms with van der Waals surface area (Å²) in [5.74, 6) is -0.279. The number of carbonyl (C=O) groups is 2. The van der Waals surface area contributed by atoms with Crippen LogP contribution in [0, 0.1) is 0 Å². The van der Waals surface area contributed by atoms with Crippen LogP contribution in [0.1, 0.15) is 28.6 Å². The zero-order valence-corrected chi connectivity index (χ0v) is 15.6. The Balaban J connectivity index is 1.48. The summed E-state index contributed by atoms with van der Waals surface area (Å²) in [5.41, 5.74) is 2.50. The largest absolute Gasteiger partial charge is 0.459 e. The molecule has 2 N–H and O–H groups in total. The first-order chi connectivity index (χ1) is 13.6. The van der Waals surface area contributed by atoms with E-state index in [2.05, 4.69) is 10.6 Å². The van der Waals surface area contributed by atoms with E-state index in [0.29, 0.717) is 18.8 Å². The van der Waals surface area contributed by atoms with Crippen molar-refractivity contribution < 1.29 is 18.7 Å². The molecule has 1 aromatic heterocycles. The SMILES string of the molecule is CC(OCc1ccccc1)C(=O)NCc1cccc(NC(=O)c2ccco2)c1. The number of hydrogen-bond acceptors (Lipinski definition) is 4. The van der Waals surface area contributed by atoms with Gasteiger partial charge in [0.1, 0.15) is 6.10 Å². The minimum absolute atomic E-state index is 0.194. The highest BCUT2D eigenvalue weighted by molar-refractivity contribution is 6.02. The number of carbonyl (C=O) groups excluding carboxylic acids is 2. The van der Waals surface area contributed by atoms with Crippen LogP contribution in [-0.4, -0.2) is 17.9 Å². The van der Waals surface area contributed by atoms with E-state index in [1.807, 2.05) is 42.5 Å². The van der Waals surface area contributed by atoms with Crippen LogP contribution in [0.5, 0.6) is 0 Å². The van der Waals surface area contributed by atoms with Crippen LogP contribution in [0.4, 0.5) is 5.69 Å². The van der Waals surface area contributed by atoms with E-state index >= 15 is 0 Å². The van der Waals surface area contributed by atoms with Gasteiger partial charge in [-0.15, -0.1) is 0 Å². The summed E-state index contributed by atoms with van der Waals surface area (Å²) in [4.78, 5) is 24.3. The fraction of sp³-hybridized carbons (Fsp3) is 0.182. The van der Waals surface area contributed by atoms with Crippen LogP contribution in [0.3, 0.4) is 0 Å². The van der Waals surface area contributed by atoms with Crippen LogP contribution >= 0.6 is 0 Å². The average molecular weight is 378 g/mol. The lowest BCUT2D eigenvalue weighted by atomic mass is 10.2. The molecule has 1 heterocycles. The van der Waals surface area contributed by atoms with E-state index in [1.54, 1.807) is 31.2 Å². The number of ether oxygens (including phenoxy) is 1. The highest BCUT2D eigenvalue weighted by Crippen LogP contribution is 2.13. The Morgan fingerprint density at radius 3 is 2.54 bits per heavy atom. The summed E-state index contributed by atoms with van der Waals surface area (Å²) in [6.45, 7) is 2.43. The molecule has 3 aromatic rings. The van der Waals surface area contributed by atoms with Crippen molar-refractivity contribution in [3.63, 3.8) is 0 Å². The molecule has 6 nitrogen and oxygen atoms in total. The second-order valence-corrected chi connectivity index (χ2v) is 6.29. The lowest BCUT2D eigenvalue weighted by molar-refractivity contribution is -0.132. The molecule has 6 heteroatoms. The number of nitrogens with one attached hydrogen (secondary N) is 2. The van der Waals surface area contributed by atoms with Crippen LogP contribution in [0.25, 0.3) is 0 Å². The maximum absolute atomic E-state index is 12.2. The lowest BCUT2D eigenvalue weighted by Gasteiger charge is -2.14. The molecule has 0 bridgehead atoms. The fourth-order valence-corrected chi connectivity index (χ4v) is 2.56. The summed E-state index contributed by atoms with van der Waals surface area (Å²) in [7, 11) is 0. The van der Waals surface area contributed by atoms with Crippen LogP contribution in [0.2, 0.25) is 0 Å². The van der Waals surface area contributed by atoms with Gasteiger partial charge < -0.3 is 19.8 Å². The summed E-state index contributed by atoms with van der Waals surface area (Å²) in [5, 5.41) is 5.61. The van der Waals surface area contributed by atoms with Gasteiger partial charge in [-0.2, -0.15) is 0 Å². The minimum atomic E-state index is -0.568. The Kier molecular flexibility index (Phi) is 6.59. The van der Waals surface area contributed by atoms with E-state index < -0.39 is 6.10 Å². The summed E-state index contributed by atoms with van der Waals surface area (Å²) in [6.07, 6.45) is 0.879. The van der Waals surface area contributed by atoms with Gasteiger partial charge in [-0.1, -0.05) is 42.5 Å². The predicted octanol–water partition coefficient (Wildman–Crippen LogP) is 3.75. The summed E-state index contributed by atoms with van der Waals surface area (Å²) in [6, 6.07) is 20.2. The van der Waals surface area contributed by atoms with Crippen molar-refractivity contribution >= 4 is 17.5 Å². The zero-order valence-electron chi connectivity index (χ0n) is 15.6. The highest BCUT2D eigenvalue weighted by Gasteiger charge is 2.13. The standard InChI is InChI=1S/C22H22N2O4/c1-16(28-15-17-7-3-2-4-8-17)21(25)23-14-18-9-5-10-19(13-18)24-22(26)20-11-6-12-27-20/h2-13,16H,14-15H2,1H3,(H,23,25)(H,24,26). The van der Waals surface area contributed by atoms with Gasteiger partial charge in [-0.25, -0.2) is 0 Å². The molecule has 2 amide bonds. The van der Waals surface area contributed by atoms with Gasteiger partial charge in [0.15, 0.2) is 5.76 Å². The van der Waals surface area contributed by atoms with Crippen molar-refractivity contribution in [3.05, 3.63) is 89.9 Å². The third-order valence-electron chi connectivity index (χ3n) is 4.11. The number of furan rings is 1. The van der Waals surface area contributed by atoms with Gasteiger partial charge in [0.2, 0.25) is 5.91 Å². The molecule has 1 unspecified atom stereocenters. The number of hydrogen-bond donors (Lipinski definition) is 2. The molecule has 0 fully saturated rings. The van der Waals surface area contributed by atoms with E-state index in [9.17, 15) is 9.59 Å². The Hall–Kier alpha value is -3.38. The van der Waals surface area contributed by atoms with E-state index in [0.717, 1.165) is 11.1 Å². The third-order valence-corrected chi connectivity index (χ3v) is 4.11. The molecule has 0 radical (unpaired) electrons. The first-order valence-corrected chi connectivity index (χ1v) is 8.99. The Morgan fingerprint density at radius 1 is 1.00 bits per heavy atom. The smallest absolute Gasteiger partial charge is 0.291 e. The minimum Gasteiger partial charge on any atom is -0.459 e. The molecule has 0 spiro atoms. The van der Waals surface area contributed by atoms with Crippen molar-refractivity contribution in [1.82, 2.24) is 5.32 Å². The maximum atomic E-state index is 12.2. The third kappa shape index (κ3) is 5.56. The van der Waals surface area contributed by atoms with Gasteiger partial charge in [0, 0.05) is 12.2 Å². The molecule has 144 valence electrons. The van der Waals surface area contributed by atoms with Crippen molar-refractivity contribution in [1.29, 1.82) is 0 Å². The highest BCUT2D eigenvalue weighted by atomic mass is 16.5. The Morgan fingerprint density at radius 2 is 1.79 bits per heavy atom. The van der Waals surface area contributed by atoms with Crippen LogP contribution < -0.4 is 10.6 Å². The molecule has 1 atom stereocenters. The molecule has 28 heavy (non-hydrogen) atoms. The van der Waals surface area contributed by atoms with E-state index in [-0.39, 0.29) is 17.6 Å². The van der Waals surface area contributed by atoms with E-state index in [1.165, 1.54) is 6.26 Å². The second-order valence-electron chi connectivity index (χ2n) is 6.29. The van der Waals surface area contributed by atoms with Gasteiger partial charge in [0.05, 0.1) is 12.9 Å². The Bertz CT molecular complexity index is 907.